The lowest BCUT2D eigenvalue weighted by Gasteiger charge is -2.37. The number of hydrogen-bond donors (Lipinski definition) is 2. The first kappa shape index (κ1) is 22.4. The number of aromatic nitrogens is 2. The molecule has 1 saturated heterocycles. The van der Waals surface area contributed by atoms with E-state index in [0.717, 1.165) is 41.2 Å². The molecule has 0 aromatic carbocycles. The van der Waals surface area contributed by atoms with Crippen molar-refractivity contribution in [2.24, 2.45) is 5.41 Å². The predicted octanol–water partition coefficient (Wildman–Crippen LogP) is 2.95. The van der Waals surface area contributed by atoms with E-state index in [4.69, 9.17) is 4.74 Å². The second-order valence-electron chi connectivity index (χ2n) is 6.89. The summed E-state index contributed by atoms with van der Waals surface area (Å²) in [6, 6.07) is 0. The van der Waals surface area contributed by atoms with Gasteiger partial charge in [0.25, 0.3) is 0 Å². The lowest BCUT2D eigenvalue weighted by molar-refractivity contribution is -0.119. The molecular formula is C18H27ClN4O2S2. The SMILES string of the molecule is COCC1(CNC(=O)CSc2ncnc3sc(C)c(C)c23)CCNCC1.Cl. The van der Waals surface area contributed by atoms with Crippen LogP contribution in [0.3, 0.4) is 0 Å². The molecule has 1 amide bonds. The smallest absolute Gasteiger partial charge is 0.230 e. The molecule has 2 N–H and O–H groups in total. The van der Waals surface area contributed by atoms with E-state index in [1.54, 1.807) is 24.8 Å². The fourth-order valence-corrected chi connectivity index (χ4v) is 5.31. The van der Waals surface area contributed by atoms with Crippen LogP contribution < -0.4 is 10.6 Å². The molecule has 0 aliphatic carbocycles. The lowest BCUT2D eigenvalue weighted by Crippen LogP contribution is -2.47. The Hall–Kier alpha value is -0.930. The number of piperidine rings is 1. The van der Waals surface area contributed by atoms with Gasteiger partial charge in [-0.05, 0) is 45.3 Å². The van der Waals surface area contributed by atoms with E-state index in [0.29, 0.717) is 18.9 Å². The van der Waals surface area contributed by atoms with Crippen molar-refractivity contribution in [3.63, 3.8) is 0 Å². The van der Waals surface area contributed by atoms with Crippen LogP contribution in [-0.2, 0) is 9.53 Å². The highest BCUT2D eigenvalue weighted by molar-refractivity contribution is 8.00. The van der Waals surface area contributed by atoms with E-state index >= 15 is 0 Å². The summed E-state index contributed by atoms with van der Waals surface area (Å²) in [5.74, 6) is 0.405. The number of thiophene rings is 1. The number of nitrogens with one attached hydrogen (secondary N) is 2. The molecule has 3 rings (SSSR count). The molecule has 2 aromatic heterocycles. The quantitative estimate of drug-likeness (QED) is 0.519. The first-order chi connectivity index (χ1) is 12.5. The number of carbonyl (C=O) groups is 1. The van der Waals surface area contributed by atoms with E-state index in [2.05, 4.69) is 34.4 Å². The average molecular weight is 431 g/mol. The minimum absolute atomic E-state index is 0. The topological polar surface area (TPSA) is 76.1 Å². The molecule has 0 saturated carbocycles. The maximum absolute atomic E-state index is 12.4. The van der Waals surface area contributed by atoms with Crippen molar-refractivity contribution in [2.75, 3.05) is 39.1 Å². The Kier molecular flexibility index (Phi) is 8.30. The summed E-state index contributed by atoms with van der Waals surface area (Å²) in [6.07, 6.45) is 3.63. The van der Waals surface area contributed by atoms with Gasteiger partial charge in [0.15, 0.2) is 0 Å². The van der Waals surface area contributed by atoms with Crippen molar-refractivity contribution in [3.05, 3.63) is 16.8 Å². The zero-order valence-electron chi connectivity index (χ0n) is 16.0. The van der Waals surface area contributed by atoms with Gasteiger partial charge in [0.05, 0.1) is 12.4 Å². The van der Waals surface area contributed by atoms with Crippen molar-refractivity contribution < 1.29 is 9.53 Å². The molecular weight excluding hydrogens is 404 g/mol. The molecule has 1 aliphatic heterocycles. The Bertz CT molecular complexity index is 773. The molecule has 0 unspecified atom stereocenters. The largest absolute Gasteiger partial charge is 0.384 e. The van der Waals surface area contributed by atoms with Gasteiger partial charge in [-0.2, -0.15) is 0 Å². The first-order valence-electron chi connectivity index (χ1n) is 8.84. The standard InChI is InChI=1S/C18H26N4O2S2.ClH/c1-12-13(2)26-17-15(12)16(21-11-22-17)25-8-14(23)20-9-18(10-24-3)4-6-19-7-5-18;/h11,19H,4-10H2,1-3H3,(H,20,23);1H. The summed E-state index contributed by atoms with van der Waals surface area (Å²) < 4.78 is 5.41. The number of rotatable bonds is 7. The number of aryl methyl sites for hydroxylation is 2. The highest BCUT2D eigenvalue weighted by atomic mass is 35.5. The number of hydrogen-bond acceptors (Lipinski definition) is 7. The molecule has 150 valence electrons. The number of carbonyl (C=O) groups excluding carboxylic acids is 1. The van der Waals surface area contributed by atoms with Gasteiger partial charge in [-0.15, -0.1) is 23.7 Å². The molecule has 1 fully saturated rings. The van der Waals surface area contributed by atoms with Gasteiger partial charge in [0.1, 0.15) is 16.2 Å². The molecule has 0 radical (unpaired) electrons. The third kappa shape index (κ3) is 5.32. The summed E-state index contributed by atoms with van der Waals surface area (Å²) in [5.41, 5.74) is 1.26. The normalized spacial score (nSPS) is 16.1. The highest BCUT2D eigenvalue weighted by Crippen LogP contribution is 2.34. The minimum atomic E-state index is 0. The number of thioether (sulfide) groups is 1. The monoisotopic (exact) mass is 430 g/mol. The summed E-state index contributed by atoms with van der Waals surface area (Å²) in [7, 11) is 1.73. The summed E-state index contributed by atoms with van der Waals surface area (Å²) in [6.45, 7) is 7.48. The van der Waals surface area contributed by atoms with Crippen molar-refractivity contribution in [3.8, 4) is 0 Å². The molecule has 0 spiro atoms. The molecule has 0 atom stereocenters. The number of fused-ring (bicyclic) bond motifs is 1. The number of ether oxygens (including phenoxy) is 1. The van der Waals surface area contributed by atoms with Crippen LogP contribution in [0.1, 0.15) is 23.3 Å². The molecule has 3 heterocycles. The van der Waals surface area contributed by atoms with Gasteiger partial charge in [-0.25, -0.2) is 9.97 Å². The molecule has 2 aromatic rings. The van der Waals surface area contributed by atoms with Crippen molar-refractivity contribution in [1.82, 2.24) is 20.6 Å². The molecule has 6 nitrogen and oxygen atoms in total. The lowest BCUT2D eigenvalue weighted by atomic mass is 9.79. The second kappa shape index (κ2) is 10.0. The summed E-state index contributed by atoms with van der Waals surface area (Å²) in [5, 5.41) is 8.45. The van der Waals surface area contributed by atoms with Crippen LogP contribution >= 0.6 is 35.5 Å². The molecule has 9 heteroatoms. The fraction of sp³-hybridized carbons (Fsp3) is 0.611. The van der Waals surface area contributed by atoms with Crippen LogP contribution in [-0.4, -0.2) is 55.0 Å². The Morgan fingerprint density at radius 2 is 2.11 bits per heavy atom. The molecule has 0 bridgehead atoms. The third-order valence-electron chi connectivity index (χ3n) is 5.05. The maximum atomic E-state index is 12.4. The van der Waals surface area contributed by atoms with Crippen LogP contribution in [0.5, 0.6) is 0 Å². The van der Waals surface area contributed by atoms with Gasteiger partial charge in [0, 0.05) is 29.3 Å². The zero-order chi connectivity index (χ0) is 18.6. The van der Waals surface area contributed by atoms with Crippen LogP contribution in [0.2, 0.25) is 0 Å². The van der Waals surface area contributed by atoms with Gasteiger partial charge >= 0.3 is 0 Å². The van der Waals surface area contributed by atoms with Gasteiger partial charge in [0.2, 0.25) is 5.91 Å². The predicted molar refractivity (Wildman–Crippen MR) is 114 cm³/mol. The van der Waals surface area contributed by atoms with Crippen LogP contribution in [0.25, 0.3) is 10.2 Å². The van der Waals surface area contributed by atoms with Crippen molar-refractivity contribution >= 4 is 51.6 Å². The minimum Gasteiger partial charge on any atom is -0.384 e. The summed E-state index contributed by atoms with van der Waals surface area (Å²) >= 11 is 3.16. The van der Waals surface area contributed by atoms with E-state index in [1.807, 2.05) is 0 Å². The van der Waals surface area contributed by atoms with Gasteiger partial charge in [-0.1, -0.05) is 11.8 Å². The Labute approximate surface area is 174 Å². The van der Waals surface area contributed by atoms with Crippen molar-refractivity contribution in [2.45, 2.75) is 31.7 Å². The summed E-state index contributed by atoms with van der Waals surface area (Å²) in [4.78, 5) is 23.4. The van der Waals surface area contributed by atoms with Crippen LogP contribution in [0.15, 0.2) is 11.4 Å². The maximum Gasteiger partial charge on any atom is 0.230 e. The average Bonchev–Trinajstić information content (AvgIpc) is 2.94. The Balaban J connectivity index is 0.00000261. The van der Waals surface area contributed by atoms with E-state index in [-0.39, 0.29) is 23.7 Å². The van der Waals surface area contributed by atoms with E-state index in [9.17, 15) is 4.79 Å². The van der Waals surface area contributed by atoms with E-state index < -0.39 is 0 Å². The van der Waals surface area contributed by atoms with E-state index in [1.165, 1.54) is 22.2 Å². The van der Waals surface area contributed by atoms with Crippen molar-refractivity contribution in [1.29, 1.82) is 0 Å². The molecule has 27 heavy (non-hydrogen) atoms. The number of nitrogens with zero attached hydrogens (tertiary/aromatic N) is 2. The van der Waals surface area contributed by atoms with Gasteiger partial charge in [-0.3, -0.25) is 4.79 Å². The second-order valence-corrected chi connectivity index (χ2v) is 9.06. The van der Waals surface area contributed by atoms with Crippen LogP contribution in [0, 0.1) is 19.3 Å². The zero-order valence-corrected chi connectivity index (χ0v) is 18.4. The first-order valence-corrected chi connectivity index (χ1v) is 10.6. The molecule has 1 aliphatic rings. The Morgan fingerprint density at radius 1 is 1.37 bits per heavy atom. The number of amides is 1. The number of methoxy groups -OCH3 is 1. The fourth-order valence-electron chi connectivity index (χ4n) is 3.37. The third-order valence-corrected chi connectivity index (χ3v) is 7.15. The highest BCUT2D eigenvalue weighted by Gasteiger charge is 2.32. The van der Waals surface area contributed by atoms with Gasteiger partial charge < -0.3 is 15.4 Å². The van der Waals surface area contributed by atoms with Crippen LogP contribution in [0.4, 0.5) is 0 Å². The number of halogens is 1. The Morgan fingerprint density at radius 3 is 2.81 bits per heavy atom.